The van der Waals surface area contributed by atoms with Crippen LogP contribution in [0.2, 0.25) is 5.02 Å². The number of aryl methyl sites for hydroxylation is 2. The van der Waals surface area contributed by atoms with Crippen LogP contribution < -0.4 is 4.74 Å². The molecule has 0 aliphatic carbocycles. The molecule has 0 aliphatic rings. The maximum atomic E-state index is 10.5. The summed E-state index contributed by atoms with van der Waals surface area (Å²) in [6.45, 7) is 3.86. The second-order valence-corrected chi connectivity index (χ2v) is 5.14. The van der Waals surface area contributed by atoms with Crippen LogP contribution in [0.1, 0.15) is 16.7 Å². The average Bonchev–Trinajstić information content (AvgIpc) is 2.42. The van der Waals surface area contributed by atoms with E-state index >= 15 is 0 Å². The van der Waals surface area contributed by atoms with Crippen molar-refractivity contribution in [3.8, 4) is 11.5 Å². The fourth-order valence-electron chi connectivity index (χ4n) is 1.87. The zero-order valence-corrected chi connectivity index (χ0v) is 12.5. The van der Waals surface area contributed by atoms with Crippen LogP contribution in [0.4, 0.5) is 0 Å². The van der Waals surface area contributed by atoms with Gasteiger partial charge in [0.2, 0.25) is 0 Å². The lowest BCUT2D eigenvalue weighted by atomic mass is 10.1. The van der Waals surface area contributed by atoms with Gasteiger partial charge in [0.1, 0.15) is 11.5 Å². The number of benzene rings is 2. The van der Waals surface area contributed by atoms with E-state index in [4.69, 9.17) is 21.4 Å². The number of carboxylic acid groups (broad SMARTS) is 1. The zero-order valence-electron chi connectivity index (χ0n) is 11.8. The van der Waals surface area contributed by atoms with Crippen LogP contribution in [-0.2, 0) is 4.79 Å². The Kier molecular flexibility index (Phi) is 4.66. The number of halogens is 1. The summed E-state index contributed by atoms with van der Waals surface area (Å²) in [7, 11) is 0. The number of aliphatic carboxylic acids is 1. The molecular formula is C17H15ClO3. The van der Waals surface area contributed by atoms with E-state index in [1.807, 2.05) is 38.1 Å². The predicted octanol–water partition coefficient (Wildman–Crippen LogP) is 4.85. The van der Waals surface area contributed by atoms with E-state index in [1.54, 1.807) is 12.1 Å². The van der Waals surface area contributed by atoms with Crippen LogP contribution in [0, 0.1) is 13.8 Å². The van der Waals surface area contributed by atoms with Crippen molar-refractivity contribution >= 4 is 23.6 Å². The lowest BCUT2D eigenvalue weighted by Crippen LogP contribution is -1.90. The Morgan fingerprint density at radius 2 is 1.86 bits per heavy atom. The number of ether oxygens (including phenoxy) is 1. The highest BCUT2D eigenvalue weighted by atomic mass is 35.5. The number of hydrogen-bond donors (Lipinski definition) is 1. The van der Waals surface area contributed by atoms with E-state index in [9.17, 15) is 4.79 Å². The van der Waals surface area contributed by atoms with Gasteiger partial charge in [0.25, 0.3) is 0 Å². The Labute approximate surface area is 128 Å². The SMILES string of the molecule is Cc1ccc(Oc2ccc(C=CC(=O)O)cc2C)c(Cl)c1. The molecule has 0 unspecified atom stereocenters. The standard InChI is InChI=1S/C17H15ClO3/c1-11-3-6-16(14(18)9-11)21-15-7-4-13(10-12(15)2)5-8-17(19)20/h3-10H,1-2H3,(H,19,20). The largest absolute Gasteiger partial charge is 0.478 e. The van der Waals surface area contributed by atoms with Crippen molar-refractivity contribution < 1.29 is 14.6 Å². The minimum absolute atomic E-state index is 0.559. The lowest BCUT2D eigenvalue weighted by molar-refractivity contribution is -0.131. The minimum Gasteiger partial charge on any atom is -0.478 e. The van der Waals surface area contributed by atoms with Gasteiger partial charge in [-0.2, -0.15) is 0 Å². The molecule has 21 heavy (non-hydrogen) atoms. The van der Waals surface area contributed by atoms with Crippen LogP contribution in [0.5, 0.6) is 11.5 Å². The van der Waals surface area contributed by atoms with Gasteiger partial charge in [-0.15, -0.1) is 0 Å². The first-order valence-electron chi connectivity index (χ1n) is 6.41. The summed E-state index contributed by atoms with van der Waals surface area (Å²) in [6.07, 6.45) is 2.64. The normalized spacial score (nSPS) is 10.8. The molecule has 0 atom stereocenters. The van der Waals surface area contributed by atoms with Gasteiger partial charge < -0.3 is 9.84 Å². The Morgan fingerprint density at radius 3 is 2.48 bits per heavy atom. The van der Waals surface area contributed by atoms with Gasteiger partial charge in [-0.05, 0) is 60.9 Å². The van der Waals surface area contributed by atoms with E-state index in [2.05, 4.69) is 0 Å². The van der Waals surface area contributed by atoms with Crippen molar-refractivity contribution in [1.82, 2.24) is 0 Å². The number of carbonyl (C=O) groups is 1. The fourth-order valence-corrected chi connectivity index (χ4v) is 2.14. The predicted molar refractivity (Wildman–Crippen MR) is 84.1 cm³/mol. The van der Waals surface area contributed by atoms with Gasteiger partial charge in [0.05, 0.1) is 5.02 Å². The third-order valence-corrected chi connectivity index (χ3v) is 3.22. The quantitative estimate of drug-likeness (QED) is 0.821. The van der Waals surface area contributed by atoms with Crippen LogP contribution in [0.15, 0.2) is 42.5 Å². The molecule has 2 aromatic carbocycles. The van der Waals surface area contributed by atoms with Crippen molar-refractivity contribution in [2.24, 2.45) is 0 Å². The molecule has 2 aromatic rings. The molecular weight excluding hydrogens is 288 g/mol. The van der Waals surface area contributed by atoms with E-state index < -0.39 is 5.97 Å². The Hall–Kier alpha value is -2.26. The maximum Gasteiger partial charge on any atom is 0.328 e. The van der Waals surface area contributed by atoms with Crippen molar-refractivity contribution in [3.63, 3.8) is 0 Å². The average molecular weight is 303 g/mol. The molecule has 1 N–H and O–H groups in total. The molecule has 0 aliphatic heterocycles. The number of hydrogen-bond acceptors (Lipinski definition) is 2. The number of carboxylic acids is 1. The Bertz CT molecular complexity index is 705. The Morgan fingerprint density at radius 1 is 1.14 bits per heavy atom. The fraction of sp³-hybridized carbons (Fsp3) is 0.118. The van der Waals surface area contributed by atoms with Crippen LogP contribution in [0.25, 0.3) is 6.08 Å². The summed E-state index contributed by atoms with van der Waals surface area (Å²) in [5, 5.41) is 9.18. The molecule has 0 aromatic heterocycles. The number of rotatable bonds is 4. The minimum atomic E-state index is -0.973. The summed E-state index contributed by atoms with van der Waals surface area (Å²) >= 11 is 6.15. The summed E-state index contributed by atoms with van der Waals surface area (Å²) in [6, 6.07) is 11.1. The molecule has 0 bridgehead atoms. The molecule has 0 heterocycles. The molecule has 0 fully saturated rings. The molecule has 3 nitrogen and oxygen atoms in total. The maximum absolute atomic E-state index is 10.5. The summed E-state index contributed by atoms with van der Waals surface area (Å²) in [5.74, 6) is 0.312. The highest BCUT2D eigenvalue weighted by Crippen LogP contribution is 2.32. The van der Waals surface area contributed by atoms with Crippen molar-refractivity contribution in [2.75, 3.05) is 0 Å². The van der Waals surface area contributed by atoms with Crippen molar-refractivity contribution in [1.29, 1.82) is 0 Å². The van der Waals surface area contributed by atoms with Gasteiger partial charge in [0, 0.05) is 6.08 Å². The van der Waals surface area contributed by atoms with E-state index in [-0.39, 0.29) is 0 Å². The van der Waals surface area contributed by atoms with Gasteiger partial charge in [0.15, 0.2) is 0 Å². The van der Waals surface area contributed by atoms with Crippen molar-refractivity contribution in [2.45, 2.75) is 13.8 Å². The van der Waals surface area contributed by atoms with Crippen LogP contribution >= 0.6 is 11.6 Å². The molecule has 0 spiro atoms. The monoisotopic (exact) mass is 302 g/mol. The van der Waals surface area contributed by atoms with E-state index in [1.165, 1.54) is 6.08 Å². The molecule has 0 saturated heterocycles. The molecule has 108 valence electrons. The van der Waals surface area contributed by atoms with Gasteiger partial charge in [-0.3, -0.25) is 0 Å². The van der Waals surface area contributed by atoms with Crippen LogP contribution in [-0.4, -0.2) is 11.1 Å². The smallest absolute Gasteiger partial charge is 0.328 e. The summed E-state index contributed by atoms with van der Waals surface area (Å²) < 4.78 is 5.80. The molecule has 4 heteroatoms. The molecule has 0 amide bonds. The highest BCUT2D eigenvalue weighted by Gasteiger charge is 2.06. The van der Waals surface area contributed by atoms with Crippen molar-refractivity contribution in [3.05, 3.63) is 64.2 Å². The molecule has 0 radical (unpaired) electrons. The van der Waals surface area contributed by atoms with Gasteiger partial charge in [-0.25, -0.2) is 4.79 Å². The second kappa shape index (κ2) is 6.46. The summed E-state index contributed by atoms with van der Waals surface area (Å²) in [5.41, 5.74) is 2.77. The Balaban J connectivity index is 2.23. The first-order chi connectivity index (χ1) is 9.95. The first-order valence-corrected chi connectivity index (χ1v) is 6.79. The van der Waals surface area contributed by atoms with E-state index in [0.29, 0.717) is 16.5 Å². The van der Waals surface area contributed by atoms with Gasteiger partial charge >= 0.3 is 5.97 Å². The second-order valence-electron chi connectivity index (χ2n) is 4.73. The molecule has 0 saturated carbocycles. The third kappa shape index (κ3) is 4.10. The zero-order chi connectivity index (χ0) is 15.4. The topological polar surface area (TPSA) is 46.5 Å². The third-order valence-electron chi connectivity index (χ3n) is 2.92. The highest BCUT2D eigenvalue weighted by molar-refractivity contribution is 6.32. The van der Waals surface area contributed by atoms with Crippen LogP contribution in [0.3, 0.4) is 0 Å². The summed E-state index contributed by atoms with van der Waals surface area (Å²) in [4.78, 5) is 10.5. The lowest BCUT2D eigenvalue weighted by Gasteiger charge is -2.11. The first kappa shape index (κ1) is 15.1. The van der Waals surface area contributed by atoms with E-state index in [0.717, 1.165) is 22.8 Å². The van der Waals surface area contributed by atoms with Gasteiger partial charge in [-0.1, -0.05) is 23.7 Å². The molecule has 2 rings (SSSR count).